The Morgan fingerprint density at radius 2 is 2.38 bits per heavy atom. The van der Waals surface area contributed by atoms with Crippen molar-refractivity contribution in [3.63, 3.8) is 0 Å². The zero-order valence-corrected chi connectivity index (χ0v) is 4.83. The molecule has 1 aliphatic rings. The fraction of sp³-hybridized carbons (Fsp3) is 1.00. The molecule has 0 radical (unpaired) electrons. The van der Waals surface area contributed by atoms with E-state index in [0.717, 1.165) is 0 Å². The molecule has 8 heavy (non-hydrogen) atoms. The number of aliphatic hydroxyl groups excluding tert-OH is 1. The van der Waals surface area contributed by atoms with E-state index >= 15 is 0 Å². The molecule has 3 heteroatoms. The molecule has 0 unspecified atom stereocenters. The van der Waals surface area contributed by atoms with Gasteiger partial charge >= 0.3 is 0 Å². The molecular weight excluding hydrogens is 108 g/mol. The highest BCUT2D eigenvalue weighted by atomic mass is 16.7. The number of ether oxygens (including phenoxy) is 2. The van der Waals surface area contributed by atoms with Crippen LogP contribution in [0.3, 0.4) is 0 Å². The predicted molar refractivity (Wildman–Crippen MR) is 27.1 cm³/mol. The van der Waals surface area contributed by atoms with E-state index in [4.69, 9.17) is 14.6 Å². The van der Waals surface area contributed by atoms with Crippen LogP contribution in [-0.4, -0.2) is 24.3 Å². The van der Waals surface area contributed by atoms with Gasteiger partial charge in [-0.1, -0.05) is 0 Å². The highest BCUT2D eigenvalue weighted by molar-refractivity contribution is 4.48. The maximum Gasteiger partial charge on any atom is 0.159 e. The van der Waals surface area contributed by atoms with E-state index in [-0.39, 0.29) is 6.29 Å². The van der Waals surface area contributed by atoms with Gasteiger partial charge in [-0.3, -0.25) is 0 Å². The minimum absolute atomic E-state index is 0.237. The molecule has 0 bridgehead atoms. The van der Waals surface area contributed by atoms with Crippen molar-refractivity contribution in [2.45, 2.75) is 25.9 Å². The van der Waals surface area contributed by atoms with Crippen molar-refractivity contribution in [1.82, 2.24) is 0 Å². The molecule has 1 saturated heterocycles. The Bertz CT molecular complexity index is 66.1. The Hall–Kier alpha value is -0.120. The van der Waals surface area contributed by atoms with Crippen LogP contribution < -0.4 is 0 Å². The summed E-state index contributed by atoms with van der Waals surface area (Å²) in [6.07, 6.45) is -0.262. The standard InChI is InChI=1S/C5H10O3/c1-4-7-3-2-5(6)8-4/h4-6H,2-3H2,1H3/t4-,5+/m0/s1. The van der Waals surface area contributed by atoms with Crippen molar-refractivity contribution in [1.29, 1.82) is 0 Å². The lowest BCUT2D eigenvalue weighted by molar-refractivity contribution is -0.262. The lowest BCUT2D eigenvalue weighted by atomic mass is 10.4. The molecule has 3 nitrogen and oxygen atoms in total. The normalized spacial score (nSPS) is 39.8. The van der Waals surface area contributed by atoms with Crippen molar-refractivity contribution in [3.8, 4) is 0 Å². The summed E-state index contributed by atoms with van der Waals surface area (Å²) in [6, 6.07) is 0. The molecule has 0 aliphatic carbocycles. The quantitative estimate of drug-likeness (QED) is 0.490. The molecule has 1 N–H and O–H groups in total. The van der Waals surface area contributed by atoms with Crippen LogP contribution in [0.15, 0.2) is 0 Å². The number of hydrogen-bond donors (Lipinski definition) is 1. The molecule has 0 saturated carbocycles. The third-order valence-electron chi connectivity index (χ3n) is 1.07. The van der Waals surface area contributed by atoms with Gasteiger partial charge in [0.2, 0.25) is 0 Å². The summed E-state index contributed by atoms with van der Waals surface area (Å²) in [5, 5.41) is 8.78. The van der Waals surface area contributed by atoms with Crippen molar-refractivity contribution < 1.29 is 14.6 Å². The van der Waals surface area contributed by atoms with Crippen molar-refractivity contribution in [3.05, 3.63) is 0 Å². The second-order valence-corrected chi connectivity index (χ2v) is 1.82. The second-order valence-electron chi connectivity index (χ2n) is 1.82. The molecule has 1 fully saturated rings. The third-order valence-corrected chi connectivity index (χ3v) is 1.07. The highest BCUT2D eigenvalue weighted by Crippen LogP contribution is 2.08. The fourth-order valence-electron chi connectivity index (χ4n) is 0.663. The van der Waals surface area contributed by atoms with Crippen LogP contribution >= 0.6 is 0 Å². The minimum Gasteiger partial charge on any atom is -0.368 e. The van der Waals surface area contributed by atoms with Crippen LogP contribution in [-0.2, 0) is 9.47 Å². The van der Waals surface area contributed by atoms with Gasteiger partial charge in [0.05, 0.1) is 6.61 Å². The summed E-state index contributed by atoms with van der Waals surface area (Å²) < 4.78 is 9.79. The maximum atomic E-state index is 8.78. The first kappa shape index (κ1) is 6.01. The van der Waals surface area contributed by atoms with E-state index in [1.165, 1.54) is 0 Å². The van der Waals surface area contributed by atoms with Gasteiger partial charge < -0.3 is 14.6 Å². The zero-order valence-electron chi connectivity index (χ0n) is 4.83. The Morgan fingerprint density at radius 1 is 1.62 bits per heavy atom. The first-order valence-corrected chi connectivity index (χ1v) is 2.74. The van der Waals surface area contributed by atoms with Crippen molar-refractivity contribution in [2.75, 3.05) is 6.61 Å². The summed E-state index contributed by atoms with van der Waals surface area (Å²) >= 11 is 0. The van der Waals surface area contributed by atoms with Crippen molar-refractivity contribution in [2.24, 2.45) is 0 Å². The maximum absolute atomic E-state index is 8.78. The van der Waals surface area contributed by atoms with Gasteiger partial charge in [0, 0.05) is 6.42 Å². The zero-order chi connectivity index (χ0) is 5.98. The molecule has 1 heterocycles. The fourth-order valence-corrected chi connectivity index (χ4v) is 0.663. The largest absolute Gasteiger partial charge is 0.368 e. The lowest BCUT2D eigenvalue weighted by Crippen LogP contribution is -2.29. The van der Waals surface area contributed by atoms with Gasteiger partial charge in [0.1, 0.15) is 0 Å². The molecular formula is C5H10O3. The molecule has 0 amide bonds. The Morgan fingerprint density at radius 3 is 2.75 bits per heavy atom. The molecule has 0 aromatic heterocycles. The van der Waals surface area contributed by atoms with Crippen LogP contribution in [0.1, 0.15) is 13.3 Å². The highest BCUT2D eigenvalue weighted by Gasteiger charge is 2.15. The van der Waals surface area contributed by atoms with Gasteiger partial charge in [0.15, 0.2) is 12.6 Å². The van der Waals surface area contributed by atoms with E-state index in [0.29, 0.717) is 13.0 Å². The monoisotopic (exact) mass is 118 g/mol. The topological polar surface area (TPSA) is 38.7 Å². The first-order valence-electron chi connectivity index (χ1n) is 2.74. The van der Waals surface area contributed by atoms with Crippen LogP contribution in [0.2, 0.25) is 0 Å². The first-order chi connectivity index (χ1) is 3.79. The summed E-state index contributed by atoms with van der Waals surface area (Å²) in [5.41, 5.74) is 0. The molecule has 0 aromatic rings. The molecule has 2 atom stereocenters. The summed E-state index contributed by atoms with van der Waals surface area (Å²) in [6.45, 7) is 2.37. The molecule has 48 valence electrons. The van der Waals surface area contributed by atoms with Gasteiger partial charge in [0.25, 0.3) is 0 Å². The molecule has 0 aromatic carbocycles. The number of hydrogen-bond acceptors (Lipinski definition) is 3. The van der Waals surface area contributed by atoms with E-state index in [1.54, 1.807) is 6.92 Å². The summed E-state index contributed by atoms with van der Waals surface area (Å²) in [7, 11) is 0. The van der Waals surface area contributed by atoms with Crippen LogP contribution in [0.4, 0.5) is 0 Å². The van der Waals surface area contributed by atoms with Gasteiger partial charge in [-0.2, -0.15) is 0 Å². The lowest BCUT2D eigenvalue weighted by Gasteiger charge is -2.23. The number of rotatable bonds is 0. The SMILES string of the molecule is C[C@H]1OCC[C@H](O)O1. The molecule has 1 rings (SSSR count). The smallest absolute Gasteiger partial charge is 0.159 e. The van der Waals surface area contributed by atoms with Crippen LogP contribution in [0.5, 0.6) is 0 Å². The van der Waals surface area contributed by atoms with Gasteiger partial charge in [-0.25, -0.2) is 0 Å². The van der Waals surface area contributed by atoms with E-state index in [1.807, 2.05) is 0 Å². The molecule has 1 aliphatic heterocycles. The number of aliphatic hydroxyl groups is 1. The van der Waals surface area contributed by atoms with E-state index in [2.05, 4.69) is 0 Å². The Labute approximate surface area is 48.2 Å². The van der Waals surface area contributed by atoms with Gasteiger partial charge in [-0.05, 0) is 6.92 Å². The predicted octanol–water partition coefficient (Wildman–Crippen LogP) is 0.0877. The average Bonchev–Trinajstić information content (AvgIpc) is 1.64. The average molecular weight is 118 g/mol. The Balaban J connectivity index is 2.23. The molecule has 0 spiro atoms. The van der Waals surface area contributed by atoms with E-state index in [9.17, 15) is 0 Å². The van der Waals surface area contributed by atoms with E-state index < -0.39 is 6.29 Å². The third kappa shape index (κ3) is 1.43. The minimum atomic E-state index is -0.612. The second kappa shape index (κ2) is 2.44. The van der Waals surface area contributed by atoms with Crippen LogP contribution in [0, 0.1) is 0 Å². The van der Waals surface area contributed by atoms with Crippen molar-refractivity contribution >= 4 is 0 Å². The van der Waals surface area contributed by atoms with Gasteiger partial charge in [-0.15, -0.1) is 0 Å². The summed E-state index contributed by atoms with van der Waals surface area (Å²) in [4.78, 5) is 0. The van der Waals surface area contributed by atoms with Crippen LogP contribution in [0.25, 0.3) is 0 Å². The Kier molecular flexibility index (Phi) is 1.83. The summed E-state index contributed by atoms with van der Waals surface area (Å²) in [5.74, 6) is 0.